The van der Waals surface area contributed by atoms with Gasteiger partial charge in [0, 0.05) is 12.5 Å². The molecule has 0 radical (unpaired) electrons. The minimum atomic E-state index is -0.595. The molecule has 1 saturated carbocycles. The molecular formula is C15H23NO2S. The zero-order valence-electron chi connectivity index (χ0n) is 11.7. The molecule has 0 aliphatic heterocycles. The van der Waals surface area contributed by atoms with E-state index in [4.69, 9.17) is 0 Å². The molecule has 1 aromatic heterocycles. The molecule has 1 aliphatic rings. The fourth-order valence-corrected chi connectivity index (χ4v) is 3.59. The van der Waals surface area contributed by atoms with Crippen molar-refractivity contribution in [1.29, 1.82) is 0 Å². The molecule has 19 heavy (non-hydrogen) atoms. The Kier molecular flexibility index (Phi) is 4.63. The fraction of sp³-hybridized carbons (Fsp3) is 0.667. The largest absolute Gasteiger partial charge is 0.387 e. The zero-order valence-corrected chi connectivity index (χ0v) is 12.5. The number of hydrogen-bond donors (Lipinski definition) is 2. The Morgan fingerprint density at radius 1 is 1.58 bits per heavy atom. The zero-order chi connectivity index (χ0) is 13.9. The van der Waals surface area contributed by atoms with Crippen LogP contribution >= 0.6 is 11.3 Å². The van der Waals surface area contributed by atoms with E-state index in [0.29, 0.717) is 6.54 Å². The smallest absolute Gasteiger partial charge is 0.223 e. The quantitative estimate of drug-likeness (QED) is 0.891. The van der Waals surface area contributed by atoms with Crippen molar-refractivity contribution in [1.82, 2.24) is 5.32 Å². The molecule has 4 heteroatoms. The molecule has 2 rings (SSSR count). The first kappa shape index (κ1) is 14.5. The number of carbonyl (C=O) groups is 1. The predicted molar refractivity (Wildman–Crippen MR) is 78.0 cm³/mol. The maximum atomic E-state index is 12.3. The van der Waals surface area contributed by atoms with Crippen molar-refractivity contribution in [2.24, 2.45) is 11.3 Å². The molecule has 0 saturated heterocycles. The number of rotatable bonds is 4. The van der Waals surface area contributed by atoms with Crippen LogP contribution in [0.25, 0.3) is 0 Å². The maximum absolute atomic E-state index is 12.3. The van der Waals surface area contributed by atoms with Crippen LogP contribution in [0, 0.1) is 11.3 Å². The number of nitrogens with one attached hydrogen (secondary N) is 1. The molecule has 106 valence electrons. The lowest BCUT2D eigenvalue weighted by molar-refractivity contribution is -0.130. The summed E-state index contributed by atoms with van der Waals surface area (Å²) in [6.07, 6.45) is 3.83. The van der Waals surface area contributed by atoms with Gasteiger partial charge in [0.15, 0.2) is 0 Å². The van der Waals surface area contributed by atoms with E-state index >= 15 is 0 Å². The summed E-state index contributed by atoms with van der Waals surface area (Å²) in [7, 11) is 0. The summed E-state index contributed by atoms with van der Waals surface area (Å²) in [5.74, 6) is 0.176. The van der Waals surface area contributed by atoms with Gasteiger partial charge in [0.05, 0.1) is 6.10 Å². The van der Waals surface area contributed by atoms with E-state index in [1.165, 1.54) is 6.42 Å². The van der Waals surface area contributed by atoms with Crippen LogP contribution in [0.3, 0.4) is 0 Å². The topological polar surface area (TPSA) is 49.3 Å². The molecule has 2 N–H and O–H groups in total. The molecule has 1 fully saturated rings. The number of carbonyl (C=O) groups excluding carboxylic acids is 1. The van der Waals surface area contributed by atoms with E-state index in [1.807, 2.05) is 16.8 Å². The Balaban J connectivity index is 1.87. The first-order chi connectivity index (χ1) is 9.00. The van der Waals surface area contributed by atoms with E-state index < -0.39 is 6.10 Å². The van der Waals surface area contributed by atoms with Gasteiger partial charge in [-0.25, -0.2) is 0 Å². The summed E-state index contributed by atoms with van der Waals surface area (Å²) in [6.45, 7) is 4.65. The van der Waals surface area contributed by atoms with Gasteiger partial charge in [-0.05, 0) is 40.6 Å². The molecule has 1 aliphatic carbocycles. The van der Waals surface area contributed by atoms with Crippen molar-refractivity contribution < 1.29 is 9.90 Å². The molecule has 0 spiro atoms. The van der Waals surface area contributed by atoms with Crippen LogP contribution in [0.15, 0.2) is 16.8 Å². The lowest BCUT2D eigenvalue weighted by atomic mass is 9.68. The summed E-state index contributed by atoms with van der Waals surface area (Å²) < 4.78 is 0. The van der Waals surface area contributed by atoms with Gasteiger partial charge in [0.1, 0.15) is 0 Å². The highest BCUT2D eigenvalue weighted by molar-refractivity contribution is 7.07. The Hall–Kier alpha value is -0.870. The second-order valence-electron chi connectivity index (χ2n) is 6.10. The highest BCUT2D eigenvalue weighted by Gasteiger charge is 2.37. The lowest BCUT2D eigenvalue weighted by Gasteiger charge is -2.37. The highest BCUT2D eigenvalue weighted by atomic mass is 32.1. The molecule has 0 bridgehead atoms. The standard InChI is InChI=1S/C15H23NO2S/c1-15(2)7-4-3-5-12(15)14(18)16-9-13(17)11-6-8-19-10-11/h6,8,10,12-13,17H,3-5,7,9H2,1-2H3,(H,16,18). The SMILES string of the molecule is CC1(C)CCCCC1C(=O)NCC(O)c1ccsc1. The minimum Gasteiger partial charge on any atom is -0.387 e. The van der Waals surface area contributed by atoms with Gasteiger partial charge in [-0.1, -0.05) is 26.7 Å². The van der Waals surface area contributed by atoms with Crippen molar-refractivity contribution in [3.8, 4) is 0 Å². The molecule has 1 aromatic rings. The van der Waals surface area contributed by atoms with Gasteiger partial charge in [-0.15, -0.1) is 0 Å². The van der Waals surface area contributed by atoms with Gasteiger partial charge >= 0.3 is 0 Å². The number of aliphatic hydroxyl groups excluding tert-OH is 1. The van der Waals surface area contributed by atoms with Crippen LogP contribution in [0.4, 0.5) is 0 Å². The third kappa shape index (κ3) is 3.57. The molecule has 2 atom stereocenters. The Morgan fingerprint density at radius 3 is 3.00 bits per heavy atom. The summed E-state index contributed by atoms with van der Waals surface area (Å²) in [6, 6.07) is 1.89. The maximum Gasteiger partial charge on any atom is 0.223 e. The highest BCUT2D eigenvalue weighted by Crippen LogP contribution is 2.40. The molecule has 0 aromatic carbocycles. The first-order valence-electron chi connectivity index (χ1n) is 6.98. The summed E-state index contributed by atoms with van der Waals surface area (Å²) in [4.78, 5) is 12.3. The molecular weight excluding hydrogens is 258 g/mol. The molecule has 1 heterocycles. The normalized spacial score (nSPS) is 23.8. The number of aliphatic hydroxyl groups is 1. The van der Waals surface area contributed by atoms with Crippen molar-refractivity contribution >= 4 is 17.2 Å². The minimum absolute atomic E-state index is 0.0790. The summed E-state index contributed by atoms with van der Waals surface area (Å²) >= 11 is 1.56. The molecule has 2 unspecified atom stereocenters. The molecule has 1 amide bonds. The van der Waals surface area contributed by atoms with E-state index in [-0.39, 0.29) is 17.2 Å². The summed E-state index contributed by atoms with van der Waals surface area (Å²) in [5, 5.41) is 16.7. The van der Waals surface area contributed by atoms with Crippen molar-refractivity contribution in [3.05, 3.63) is 22.4 Å². The average molecular weight is 281 g/mol. The van der Waals surface area contributed by atoms with E-state index in [1.54, 1.807) is 11.3 Å². The first-order valence-corrected chi connectivity index (χ1v) is 7.93. The monoisotopic (exact) mass is 281 g/mol. The second kappa shape index (κ2) is 6.06. The average Bonchev–Trinajstić information content (AvgIpc) is 2.89. The van der Waals surface area contributed by atoms with Crippen LogP contribution in [0.5, 0.6) is 0 Å². The van der Waals surface area contributed by atoms with Gasteiger partial charge in [-0.2, -0.15) is 11.3 Å². The predicted octanol–water partition coefficient (Wildman–Crippen LogP) is 3.11. The van der Waals surface area contributed by atoms with Crippen LogP contribution < -0.4 is 5.32 Å². The molecule has 3 nitrogen and oxygen atoms in total. The van der Waals surface area contributed by atoms with Crippen LogP contribution in [0.1, 0.15) is 51.2 Å². The number of amides is 1. The van der Waals surface area contributed by atoms with Crippen LogP contribution in [0.2, 0.25) is 0 Å². The van der Waals surface area contributed by atoms with Gasteiger partial charge < -0.3 is 10.4 Å². The van der Waals surface area contributed by atoms with E-state index in [0.717, 1.165) is 24.8 Å². The van der Waals surface area contributed by atoms with Gasteiger partial charge in [-0.3, -0.25) is 4.79 Å². The van der Waals surface area contributed by atoms with Crippen molar-refractivity contribution in [2.75, 3.05) is 6.54 Å². The van der Waals surface area contributed by atoms with Crippen LogP contribution in [-0.4, -0.2) is 17.6 Å². The lowest BCUT2D eigenvalue weighted by Crippen LogP contribution is -2.42. The third-order valence-electron chi connectivity index (χ3n) is 4.22. The summed E-state index contributed by atoms with van der Waals surface area (Å²) in [5.41, 5.74) is 0.962. The number of thiophene rings is 1. The second-order valence-corrected chi connectivity index (χ2v) is 6.88. The fourth-order valence-electron chi connectivity index (χ4n) is 2.88. The number of hydrogen-bond acceptors (Lipinski definition) is 3. The third-order valence-corrected chi connectivity index (χ3v) is 4.92. The Morgan fingerprint density at radius 2 is 2.37 bits per heavy atom. The van der Waals surface area contributed by atoms with Crippen molar-refractivity contribution in [3.63, 3.8) is 0 Å². The van der Waals surface area contributed by atoms with Gasteiger partial charge in [0.2, 0.25) is 5.91 Å². The van der Waals surface area contributed by atoms with E-state index in [2.05, 4.69) is 19.2 Å². The van der Waals surface area contributed by atoms with Crippen LogP contribution in [-0.2, 0) is 4.79 Å². The Labute approximate surface area is 119 Å². The Bertz CT molecular complexity index is 414. The van der Waals surface area contributed by atoms with E-state index in [9.17, 15) is 9.90 Å². The van der Waals surface area contributed by atoms with Gasteiger partial charge in [0.25, 0.3) is 0 Å². The van der Waals surface area contributed by atoms with Crippen molar-refractivity contribution in [2.45, 2.75) is 45.6 Å².